The Bertz CT molecular complexity index is 2150. The van der Waals surface area contributed by atoms with E-state index in [4.69, 9.17) is 19.9 Å². The molecule has 1 aliphatic carbocycles. The zero-order valence-electron chi connectivity index (χ0n) is 23.6. The third-order valence-corrected chi connectivity index (χ3v) is 9.78. The minimum Gasteiger partial charge on any atom is -0.317 e. The normalized spacial score (nSPS) is 16.5. The number of anilines is 2. The van der Waals surface area contributed by atoms with Gasteiger partial charge in [-0.1, -0.05) is 109 Å². The number of hydrogen-bond donors (Lipinski definition) is 0. The number of fused-ring (bicyclic) bond motifs is 7. The van der Waals surface area contributed by atoms with Gasteiger partial charge in [0.2, 0.25) is 0 Å². The molecule has 0 saturated heterocycles. The van der Waals surface area contributed by atoms with Gasteiger partial charge < -0.3 is 4.90 Å². The van der Waals surface area contributed by atoms with Gasteiger partial charge in [-0.2, -0.15) is 0 Å². The van der Waals surface area contributed by atoms with Crippen molar-refractivity contribution < 1.29 is 0 Å². The van der Waals surface area contributed by atoms with Crippen LogP contribution < -0.4 is 4.90 Å². The minimum absolute atomic E-state index is 0.116. The third-order valence-electron chi connectivity index (χ3n) is 8.53. The van der Waals surface area contributed by atoms with E-state index in [1.54, 1.807) is 0 Å². The van der Waals surface area contributed by atoms with Crippen molar-refractivity contribution in [2.75, 3.05) is 4.90 Å². The number of para-hydroxylation sites is 1. The van der Waals surface area contributed by atoms with Gasteiger partial charge >= 0.3 is 0 Å². The van der Waals surface area contributed by atoms with Crippen LogP contribution >= 0.6 is 11.3 Å². The quantitative estimate of drug-likeness (QED) is 0.207. The summed E-state index contributed by atoms with van der Waals surface area (Å²) in [6, 6.07) is 41.8. The Balaban J connectivity index is 1.21. The molecule has 3 aromatic heterocycles. The van der Waals surface area contributed by atoms with Crippen LogP contribution in [0.3, 0.4) is 0 Å². The maximum Gasteiger partial charge on any atom is 0.164 e. The molecule has 0 N–H and O–H groups in total. The highest BCUT2D eigenvalue weighted by Gasteiger charge is 2.43. The highest BCUT2D eigenvalue weighted by Crippen LogP contribution is 2.58. The predicted molar refractivity (Wildman–Crippen MR) is 179 cm³/mol. The Hall–Kier alpha value is -5.46. The number of thiophene rings is 1. The van der Waals surface area contributed by atoms with Gasteiger partial charge in [-0.25, -0.2) is 19.9 Å². The summed E-state index contributed by atoms with van der Waals surface area (Å²) in [7, 11) is 0. The molecule has 6 heteroatoms. The average molecular weight is 584 g/mol. The van der Waals surface area contributed by atoms with Gasteiger partial charge in [0, 0.05) is 49.5 Å². The van der Waals surface area contributed by atoms with Crippen LogP contribution in [0.4, 0.5) is 11.5 Å². The molecule has 0 amide bonds. The van der Waals surface area contributed by atoms with Gasteiger partial charge in [0.15, 0.2) is 17.5 Å². The molecule has 4 aromatic carbocycles. The lowest BCUT2D eigenvalue weighted by atomic mass is 9.87. The monoisotopic (exact) mass is 583 g/mol. The zero-order chi connectivity index (χ0) is 29.0. The lowest BCUT2D eigenvalue weighted by Gasteiger charge is -2.31. The summed E-state index contributed by atoms with van der Waals surface area (Å²) in [6.45, 7) is 0. The van der Waals surface area contributed by atoms with Crippen LogP contribution in [-0.4, -0.2) is 19.9 Å². The van der Waals surface area contributed by atoms with Crippen molar-refractivity contribution in [2.24, 2.45) is 0 Å². The molecule has 1 aliphatic heterocycles. The Labute approximate surface area is 258 Å². The first-order chi connectivity index (χ1) is 21.8. The number of nitrogens with zero attached hydrogens (tertiary/aromatic N) is 5. The van der Waals surface area contributed by atoms with E-state index in [0.717, 1.165) is 22.5 Å². The molecule has 0 saturated carbocycles. The molecule has 0 bridgehead atoms. The second-order valence-electron chi connectivity index (χ2n) is 11.1. The third kappa shape index (κ3) is 3.99. The molecule has 0 radical (unpaired) electrons. The van der Waals surface area contributed by atoms with E-state index in [0.29, 0.717) is 17.5 Å². The number of hydrogen-bond acceptors (Lipinski definition) is 6. The first-order valence-electron chi connectivity index (χ1n) is 14.7. The standard InChI is InChI=1S/C38H25N5S/c1-3-11-24(12-4-1)36-40-37(25-13-5-2-6-14-25)42-38(41-36)26-21-22-39-33(23-26)43-31-17-9-7-15-27(31)29-19-20-30-28-16-8-10-18-32(28)44-35(30)34(29)43/h1-23,29,34H. The average Bonchev–Trinajstić information content (AvgIpc) is 3.65. The van der Waals surface area contributed by atoms with Crippen molar-refractivity contribution in [3.63, 3.8) is 0 Å². The van der Waals surface area contributed by atoms with Crippen molar-refractivity contribution in [3.8, 4) is 34.2 Å². The van der Waals surface area contributed by atoms with E-state index in [1.165, 1.54) is 31.8 Å². The van der Waals surface area contributed by atoms with Gasteiger partial charge in [-0.05, 0) is 35.4 Å². The second kappa shape index (κ2) is 10.1. The van der Waals surface area contributed by atoms with Crippen molar-refractivity contribution in [2.45, 2.75) is 12.0 Å². The molecule has 4 heterocycles. The number of pyridine rings is 1. The van der Waals surface area contributed by atoms with Crippen LogP contribution in [-0.2, 0) is 0 Å². The van der Waals surface area contributed by atoms with Crippen LogP contribution in [0.5, 0.6) is 0 Å². The number of benzene rings is 4. The predicted octanol–water partition coefficient (Wildman–Crippen LogP) is 9.49. The van der Waals surface area contributed by atoms with Crippen molar-refractivity contribution in [1.29, 1.82) is 0 Å². The summed E-state index contributed by atoms with van der Waals surface area (Å²) in [5.41, 5.74) is 6.62. The largest absolute Gasteiger partial charge is 0.317 e. The molecular weight excluding hydrogens is 559 g/mol. The van der Waals surface area contributed by atoms with Crippen LogP contribution in [0.25, 0.3) is 50.3 Å². The maximum atomic E-state index is 4.98. The maximum absolute atomic E-state index is 4.98. The van der Waals surface area contributed by atoms with Crippen LogP contribution in [0.2, 0.25) is 0 Å². The van der Waals surface area contributed by atoms with Crippen molar-refractivity contribution in [3.05, 3.63) is 150 Å². The summed E-state index contributed by atoms with van der Waals surface area (Å²) in [5, 5.41) is 1.31. The van der Waals surface area contributed by atoms with E-state index in [-0.39, 0.29) is 12.0 Å². The molecule has 2 aliphatic rings. The topological polar surface area (TPSA) is 54.8 Å². The van der Waals surface area contributed by atoms with Crippen LogP contribution in [0, 0.1) is 0 Å². The van der Waals surface area contributed by atoms with Gasteiger partial charge in [0.05, 0.1) is 6.04 Å². The Morgan fingerprint density at radius 1 is 0.614 bits per heavy atom. The Morgan fingerprint density at radius 3 is 2.00 bits per heavy atom. The van der Waals surface area contributed by atoms with Gasteiger partial charge in [-0.15, -0.1) is 11.3 Å². The fourth-order valence-electron chi connectivity index (χ4n) is 6.53. The van der Waals surface area contributed by atoms with Crippen molar-refractivity contribution in [1.82, 2.24) is 19.9 Å². The van der Waals surface area contributed by atoms with Crippen LogP contribution in [0.1, 0.15) is 28.0 Å². The summed E-state index contributed by atoms with van der Waals surface area (Å²) < 4.78 is 1.31. The lowest BCUT2D eigenvalue weighted by molar-refractivity contribution is 0.675. The molecule has 7 aromatic rings. The minimum atomic E-state index is 0.116. The molecule has 5 nitrogen and oxygen atoms in total. The molecule has 9 rings (SSSR count). The van der Waals surface area contributed by atoms with Gasteiger partial charge in [-0.3, -0.25) is 0 Å². The number of aromatic nitrogens is 4. The van der Waals surface area contributed by atoms with E-state index in [2.05, 4.69) is 71.6 Å². The highest BCUT2D eigenvalue weighted by atomic mass is 32.1. The summed E-state index contributed by atoms with van der Waals surface area (Å²) >= 11 is 1.89. The molecule has 208 valence electrons. The smallest absolute Gasteiger partial charge is 0.164 e. The fourth-order valence-corrected chi connectivity index (χ4v) is 7.86. The van der Waals surface area contributed by atoms with E-state index >= 15 is 0 Å². The fraction of sp³-hybridized carbons (Fsp3) is 0.0526. The van der Waals surface area contributed by atoms with E-state index < -0.39 is 0 Å². The Morgan fingerprint density at radius 2 is 1.25 bits per heavy atom. The van der Waals surface area contributed by atoms with Crippen molar-refractivity contribution >= 4 is 39.0 Å². The second-order valence-corrected chi connectivity index (χ2v) is 12.2. The first kappa shape index (κ1) is 25.1. The van der Waals surface area contributed by atoms with Gasteiger partial charge in [0.1, 0.15) is 5.82 Å². The molecular formula is C38H25N5S. The SMILES string of the molecule is C1=CC2c3ccccc3N(c3cc(-c4nc(-c5ccccc5)nc(-c5ccccc5)n4)ccn3)C2c2sc3ccccc3c21. The molecule has 0 spiro atoms. The van der Waals surface area contributed by atoms with E-state index in [1.807, 2.05) is 84.3 Å². The highest BCUT2D eigenvalue weighted by molar-refractivity contribution is 7.19. The van der Waals surface area contributed by atoms with E-state index in [9.17, 15) is 0 Å². The van der Waals surface area contributed by atoms with Gasteiger partial charge in [0.25, 0.3) is 0 Å². The zero-order valence-corrected chi connectivity index (χ0v) is 24.4. The van der Waals surface area contributed by atoms with Crippen LogP contribution in [0.15, 0.2) is 134 Å². The molecule has 2 unspecified atom stereocenters. The lowest BCUT2D eigenvalue weighted by Crippen LogP contribution is -2.23. The molecule has 44 heavy (non-hydrogen) atoms. The summed E-state index contributed by atoms with van der Waals surface area (Å²) in [5.74, 6) is 3.03. The molecule has 2 atom stereocenters. The summed E-state index contributed by atoms with van der Waals surface area (Å²) in [6.07, 6.45) is 6.57. The first-order valence-corrected chi connectivity index (χ1v) is 15.5. The molecule has 0 fully saturated rings. The number of rotatable bonds is 4. The summed E-state index contributed by atoms with van der Waals surface area (Å²) in [4.78, 5) is 23.6. The Kier molecular flexibility index (Phi) is 5.74.